The van der Waals surface area contributed by atoms with Crippen LogP contribution in [0.5, 0.6) is 0 Å². The summed E-state index contributed by atoms with van der Waals surface area (Å²) in [4.78, 5) is 17.3. The summed E-state index contributed by atoms with van der Waals surface area (Å²) >= 11 is 4.24. The molecule has 0 spiro atoms. The largest absolute Gasteiger partial charge is 0.320 e. The minimum absolute atomic E-state index is 0.168. The van der Waals surface area contributed by atoms with E-state index < -0.39 is 0 Å². The normalized spacial score (nSPS) is 10.4. The van der Waals surface area contributed by atoms with Crippen LogP contribution in [0.2, 0.25) is 0 Å². The molecule has 0 atom stereocenters. The van der Waals surface area contributed by atoms with Gasteiger partial charge in [-0.05, 0) is 30.3 Å². The van der Waals surface area contributed by atoms with Crippen molar-refractivity contribution in [3.8, 4) is 0 Å². The van der Waals surface area contributed by atoms with Crippen molar-refractivity contribution in [2.24, 2.45) is 0 Å². The van der Waals surface area contributed by atoms with Crippen molar-refractivity contribution in [1.29, 1.82) is 0 Å². The number of carbonyl (C=O) groups is 1. The van der Waals surface area contributed by atoms with E-state index in [1.54, 1.807) is 24.4 Å². The van der Waals surface area contributed by atoms with Gasteiger partial charge in [0.15, 0.2) is 0 Å². The number of thiol groups is 1. The number of nitrogens with zero attached hydrogens (tertiary/aromatic N) is 1. The summed E-state index contributed by atoms with van der Waals surface area (Å²) in [7, 11) is 0. The van der Waals surface area contributed by atoms with E-state index in [0.717, 1.165) is 15.8 Å². The van der Waals surface area contributed by atoms with E-state index in [1.165, 1.54) is 0 Å². The fraction of sp³-hybridized carbons (Fsp3) is 0. The minimum atomic E-state index is -0.168. The van der Waals surface area contributed by atoms with E-state index in [9.17, 15) is 4.79 Å². The third-order valence-corrected chi connectivity index (χ3v) is 3.27. The van der Waals surface area contributed by atoms with E-state index in [-0.39, 0.29) is 5.91 Å². The van der Waals surface area contributed by atoms with Gasteiger partial charge in [-0.2, -0.15) is 0 Å². The molecular weight excluding hydrogens is 268 g/mol. The van der Waals surface area contributed by atoms with E-state index in [2.05, 4.69) is 22.9 Å². The molecule has 98 valence electrons. The summed E-state index contributed by atoms with van der Waals surface area (Å²) in [6.45, 7) is 0. The Bertz CT molecular complexity index is 781. The Morgan fingerprint density at radius 1 is 1.05 bits per heavy atom. The van der Waals surface area contributed by atoms with Gasteiger partial charge in [-0.1, -0.05) is 24.3 Å². The lowest BCUT2D eigenvalue weighted by Gasteiger charge is -2.08. The zero-order valence-electron chi connectivity index (χ0n) is 10.6. The first kappa shape index (κ1) is 12.7. The second-order valence-electron chi connectivity index (χ2n) is 4.39. The first-order valence-corrected chi connectivity index (χ1v) is 6.63. The van der Waals surface area contributed by atoms with Crippen molar-refractivity contribution in [3.63, 3.8) is 0 Å². The maximum absolute atomic E-state index is 12.2. The molecule has 1 amide bonds. The van der Waals surface area contributed by atoms with Crippen molar-refractivity contribution in [2.75, 3.05) is 5.32 Å². The van der Waals surface area contributed by atoms with E-state index in [4.69, 9.17) is 0 Å². The van der Waals surface area contributed by atoms with Crippen molar-refractivity contribution < 1.29 is 4.79 Å². The summed E-state index contributed by atoms with van der Waals surface area (Å²) in [5, 5.41) is 3.89. The van der Waals surface area contributed by atoms with E-state index in [0.29, 0.717) is 11.3 Å². The third-order valence-electron chi connectivity index (χ3n) is 2.99. The Kier molecular flexibility index (Phi) is 3.39. The topological polar surface area (TPSA) is 42.0 Å². The Hall–Kier alpha value is -2.33. The predicted molar refractivity (Wildman–Crippen MR) is 83.4 cm³/mol. The second-order valence-corrected chi connectivity index (χ2v) is 4.90. The standard InChI is InChI=1S/C16H12N2OS/c19-16(12-5-1-7-13(20)10-12)18-14-8-2-4-11-6-3-9-17-15(11)14/h1-10,20H,(H,18,19). The fourth-order valence-electron chi connectivity index (χ4n) is 2.05. The average Bonchev–Trinajstić information content (AvgIpc) is 2.47. The number of nitrogens with one attached hydrogen (secondary N) is 1. The molecule has 3 nitrogen and oxygen atoms in total. The summed E-state index contributed by atoms with van der Waals surface area (Å²) in [5.74, 6) is -0.168. The number of aromatic nitrogens is 1. The number of fused-ring (bicyclic) bond motifs is 1. The Morgan fingerprint density at radius 2 is 1.85 bits per heavy atom. The molecule has 20 heavy (non-hydrogen) atoms. The number of hydrogen-bond donors (Lipinski definition) is 2. The molecule has 1 heterocycles. The van der Waals surface area contributed by atoms with Gasteiger partial charge in [-0.15, -0.1) is 12.6 Å². The van der Waals surface area contributed by atoms with Gasteiger partial charge in [0.05, 0.1) is 11.2 Å². The van der Waals surface area contributed by atoms with Crippen LogP contribution in [0.25, 0.3) is 10.9 Å². The Balaban J connectivity index is 1.95. The van der Waals surface area contributed by atoms with Crippen LogP contribution in [0.3, 0.4) is 0 Å². The maximum atomic E-state index is 12.2. The number of amides is 1. The minimum Gasteiger partial charge on any atom is -0.320 e. The number of anilines is 1. The van der Waals surface area contributed by atoms with Crippen molar-refractivity contribution in [1.82, 2.24) is 4.98 Å². The zero-order valence-corrected chi connectivity index (χ0v) is 11.5. The molecule has 0 aliphatic carbocycles. The molecule has 0 radical (unpaired) electrons. The molecule has 0 aliphatic heterocycles. The highest BCUT2D eigenvalue weighted by atomic mass is 32.1. The number of rotatable bonds is 2. The molecule has 0 saturated heterocycles. The van der Waals surface area contributed by atoms with Gasteiger partial charge in [-0.3, -0.25) is 9.78 Å². The monoisotopic (exact) mass is 280 g/mol. The lowest BCUT2D eigenvalue weighted by molar-refractivity contribution is 0.102. The predicted octanol–water partition coefficient (Wildman–Crippen LogP) is 3.78. The second kappa shape index (κ2) is 5.35. The van der Waals surface area contributed by atoms with Crippen molar-refractivity contribution >= 4 is 35.1 Å². The Morgan fingerprint density at radius 3 is 2.70 bits per heavy atom. The molecule has 0 bridgehead atoms. The molecule has 1 aromatic heterocycles. The Labute approximate surface area is 122 Å². The molecule has 0 saturated carbocycles. The van der Waals surface area contributed by atoms with Gasteiger partial charge >= 0.3 is 0 Å². The zero-order chi connectivity index (χ0) is 13.9. The molecule has 3 rings (SSSR count). The molecule has 0 aliphatic rings. The lowest BCUT2D eigenvalue weighted by atomic mass is 10.1. The molecule has 3 aromatic rings. The summed E-state index contributed by atoms with van der Waals surface area (Å²) in [5.41, 5.74) is 2.06. The fourth-order valence-corrected chi connectivity index (χ4v) is 2.27. The van der Waals surface area contributed by atoms with Crippen LogP contribution in [0.15, 0.2) is 65.7 Å². The first-order valence-electron chi connectivity index (χ1n) is 6.18. The quantitative estimate of drug-likeness (QED) is 0.702. The van der Waals surface area contributed by atoms with Gasteiger partial charge < -0.3 is 5.32 Å². The van der Waals surface area contributed by atoms with Crippen LogP contribution >= 0.6 is 12.6 Å². The van der Waals surface area contributed by atoms with Gasteiger partial charge in [0.2, 0.25) is 0 Å². The number of hydrogen-bond acceptors (Lipinski definition) is 3. The first-order chi connectivity index (χ1) is 9.74. The number of pyridine rings is 1. The molecule has 2 aromatic carbocycles. The number of carbonyl (C=O) groups excluding carboxylic acids is 1. The molecule has 1 N–H and O–H groups in total. The van der Waals surface area contributed by atoms with Gasteiger partial charge in [0.1, 0.15) is 0 Å². The maximum Gasteiger partial charge on any atom is 0.255 e. The van der Waals surface area contributed by atoms with Gasteiger partial charge in [-0.25, -0.2) is 0 Å². The van der Waals surface area contributed by atoms with Crippen molar-refractivity contribution in [2.45, 2.75) is 4.90 Å². The van der Waals surface area contributed by atoms with Crippen LogP contribution in [0, 0.1) is 0 Å². The molecule has 0 fully saturated rings. The molecule has 4 heteroatoms. The molecular formula is C16H12N2OS. The summed E-state index contributed by atoms with van der Waals surface area (Å²) in [6.07, 6.45) is 1.71. The highest BCUT2D eigenvalue weighted by Gasteiger charge is 2.08. The van der Waals surface area contributed by atoms with Crippen LogP contribution in [-0.4, -0.2) is 10.9 Å². The average molecular weight is 280 g/mol. The van der Waals surface area contributed by atoms with Crippen LogP contribution < -0.4 is 5.32 Å². The van der Waals surface area contributed by atoms with Crippen LogP contribution in [0.4, 0.5) is 5.69 Å². The SMILES string of the molecule is O=C(Nc1cccc2cccnc12)c1cccc(S)c1. The summed E-state index contributed by atoms with van der Waals surface area (Å²) in [6, 6.07) is 16.7. The highest BCUT2D eigenvalue weighted by Crippen LogP contribution is 2.21. The number of benzene rings is 2. The smallest absolute Gasteiger partial charge is 0.255 e. The third kappa shape index (κ3) is 2.51. The molecule has 0 unspecified atom stereocenters. The summed E-state index contributed by atoms with van der Waals surface area (Å²) < 4.78 is 0. The van der Waals surface area contributed by atoms with Crippen LogP contribution in [0.1, 0.15) is 10.4 Å². The van der Waals surface area contributed by atoms with Gasteiger partial charge in [0, 0.05) is 22.0 Å². The van der Waals surface area contributed by atoms with E-state index in [1.807, 2.05) is 36.4 Å². The van der Waals surface area contributed by atoms with Crippen molar-refractivity contribution in [3.05, 3.63) is 66.4 Å². The number of para-hydroxylation sites is 1. The van der Waals surface area contributed by atoms with E-state index >= 15 is 0 Å². The lowest BCUT2D eigenvalue weighted by Crippen LogP contribution is -2.12. The van der Waals surface area contributed by atoms with Crippen LogP contribution in [-0.2, 0) is 0 Å². The highest BCUT2D eigenvalue weighted by molar-refractivity contribution is 7.80. The van der Waals surface area contributed by atoms with Gasteiger partial charge in [0.25, 0.3) is 5.91 Å².